The highest BCUT2D eigenvalue weighted by molar-refractivity contribution is 5.41. The highest BCUT2D eigenvalue weighted by Gasteiger charge is 2.26. The average Bonchev–Trinajstić information content (AvgIpc) is 2.42. The van der Waals surface area contributed by atoms with Crippen LogP contribution in [0.2, 0.25) is 0 Å². The SMILES string of the molecule is Cc1ccc(F)c(C(O)c2ccccc2C(C)(C)C)c1F. The van der Waals surface area contributed by atoms with Crippen LogP contribution >= 0.6 is 0 Å². The lowest BCUT2D eigenvalue weighted by Gasteiger charge is -2.26. The van der Waals surface area contributed by atoms with E-state index in [1.807, 2.05) is 32.9 Å². The number of rotatable bonds is 2. The maximum atomic E-state index is 14.2. The number of aliphatic hydroxyl groups excluding tert-OH is 1. The van der Waals surface area contributed by atoms with Crippen molar-refractivity contribution in [3.05, 3.63) is 70.3 Å². The van der Waals surface area contributed by atoms with Crippen LogP contribution in [0.1, 0.15) is 49.1 Å². The molecular formula is C18H20F2O. The van der Waals surface area contributed by atoms with Crippen molar-refractivity contribution in [1.29, 1.82) is 0 Å². The van der Waals surface area contributed by atoms with Gasteiger partial charge < -0.3 is 5.11 Å². The molecule has 0 bridgehead atoms. The molecule has 0 fully saturated rings. The summed E-state index contributed by atoms with van der Waals surface area (Å²) in [6, 6.07) is 9.78. The average molecular weight is 290 g/mol. The zero-order valence-corrected chi connectivity index (χ0v) is 12.7. The van der Waals surface area contributed by atoms with Gasteiger partial charge in [-0.05, 0) is 35.1 Å². The summed E-state index contributed by atoms with van der Waals surface area (Å²) in [5.41, 5.74) is 1.21. The van der Waals surface area contributed by atoms with Gasteiger partial charge in [0.15, 0.2) is 0 Å². The summed E-state index contributed by atoms with van der Waals surface area (Å²) in [5, 5.41) is 10.5. The number of hydrogen-bond donors (Lipinski definition) is 1. The molecule has 0 amide bonds. The first-order chi connectivity index (χ1) is 9.73. The largest absolute Gasteiger partial charge is 0.383 e. The minimum atomic E-state index is -1.32. The molecule has 0 heterocycles. The Morgan fingerprint density at radius 1 is 1.00 bits per heavy atom. The first-order valence-electron chi connectivity index (χ1n) is 6.95. The fraction of sp³-hybridized carbons (Fsp3) is 0.333. The number of halogens is 2. The van der Waals surface area contributed by atoms with Crippen LogP contribution in [0.3, 0.4) is 0 Å². The molecule has 1 unspecified atom stereocenters. The van der Waals surface area contributed by atoms with Crippen molar-refractivity contribution in [3.8, 4) is 0 Å². The quantitative estimate of drug-likeness (QED) is 0.853. The second kappa shape index (κ2) is 5.57. The molecule has 0 spiro atoms. The van der Waals surface area contributed by atoms with Crippen LogP contribution in [0, 0.1) is 18.6 Å². The second-order valence-corrected chi connectivity index (χ2v) is 6.33. The van der Waals surface area contributed by atoms with Crippen molar-refractivity contribution >= 4 is 0 Å². The zero-order valence-electron chi connectivity index (χ0n) is 12.7. The van der Waals surface area contributed by atoms with Crippen molar-refractivity contribution in [2.75, 3.05) is 0 Å². The van der Waals surface area contributed by atoms with Gasteiger partial charge in [0, 0.05) is 0 Å². The summed E-state index contributed by atoms with van der Waals surface area (Å²) < 4.78 is 28.2. The molecule has 0 saturated heterocycles. The van der Waals surface area contributed by atoms with Gasteiger partial charge >= 0.3 is 0 Å². The van der Waals surface area contributed by atoms with Gasteiger partial charge in [-0.3, -0.25) is 0 Å². The smallest absolute Gasteiger partial charge is 0.135 e. The van der Waals surface area contributed by atoms with Gasteiger partial charge in [-0.15, -0.1) is 0 Å². The Balaban J connectivity index is 2.62. The van der Waals surface area contributed by atoms with Gasteiger partial charge in [-0.25, -0.2) is 8.78 Å². The van der Waals surface area contributed by atoms with Crippen molar-refractivity contribution in [2.24, 2.45) is 0 Å². The summed E-state index contributed by atoms with van der Waals surface area (Å²) in [6.45, 7) is 7.56. The highest BCUT2D eigenvalue weighted by Crippen LogP contribution is 2.35. The summed E-state index contributed by atoms with van der Waals surface area (Å²) in [6.07, 6.45) is -1.32. The molecule has 0 aliphatic carbocycles. The molecule has 0 saturated carbocycles. The molecule has 112 valence electrons. The third-order valence-electron chi connectivity index (χ3n) is 3.66. The molecule has 1 N–H and O–H groups in total. The molecule has 21 heavy (non-hydrogen) atoms. The van der Waals surface area contributed by atoms with Crippen molar-refractivity contribution in [1.82, 2.24) is 0 Å². The number of hydrogen-bond acceptors (Lipinski definition) is 1. The lowest BCUT2D eigenvalue weighted by atomic mass is 9.81. The van der Waals surface area contributed by atoms with Crippen LogP contribution in [0.4, 0.5) is 8.78 Å². The molecule has 1 nitrogen and oxygen atoms in total. The van der Waals surface area contributed by atoms with E-state index in [1.54, 1.807) is 19.1 Å². The number of benzene rings is 2. The van der Waals surface area contributed by atoms with Gasteiger partial charge in [0.1, 0.15) is 17.7 Å². The maximum absolute atomic E-state index is 14.2. The standard InChI is InChI=1S/C18H20F2O/c1-11-9-10-14(19)15(16(11)20)17(21)12-7-5-6-8-13(12)18(2,3)4/h5-10,17,21H,1-4H3. The Hall–Kier alpha value is -1.74. The third-order valence-corrected chi connectivity index (χ3v) is 3.66. The Morgan fingerprint density at radius 3 is 2.24 bits per heavy atom. The number of aryl methyl sites for hydroxylation is 1. The molecule has 2 aromatic rings. The molecule has 0 aliphatic heterocycles. The molecular weight excluding hydrogens is 270 g/mol. The summed E-state index contributed by atoms with van der Waals surface area (Å²) in [4.78, 5) is 0. The fourth-order valence-electron chi connectivity index (χ4n) is 2.50. The number of aliphatic hydroxyl groups is 1. The van der Waals surface area contributed by atoms with Crippen molar-refractivity contribution < 1.29 is 13.9 Å². The van der Waals surface area contributed by atoms with E-state index in [0.29, 0.717) is 11.1 Å². The molecule has 0 radical (unpaired) electrons. The highest BCUT2D eigenvalue weighted by atomic mass is 19.1. The molecule has 0 aromatic heterocycles. The Labute approximate surface area is 124 Å². The molecule has 0 aliphatic rings. The van der Waals surface area contributed by atoms with Gasteiger partial charge in [0.2, 0.25) is 0 Å². The first-order valence-corrected chi connectivity index (χ1v) is 6.95. The van der Waals surface area contributed by atoms with Crippen LogP contribution in [0.15, 0.2) is 36.4 Å². The predicted octanol–water partition coefficient (Wildman–Crippen LogP) is 4.65. The monoisotopic (exact) mass is 290 g/mol. The zero-order chi connectivity index (χ0) is 15.8. The Morgan fingerprint density at radius 2 is 1.62 bits per heavy atom. The van der Waals surface area contributed by atoms with Gasteiger partial charge in [-0.2, -0.15) is 0 Å². The van der Waals surface area contributed by atoms with Crippen molar-refractivity contribution in [3.63, 3.8) is 0 Å². The van der Waals surface area contributed by atoms with Gasteiger partial charge in [0.25, 0.3) is 0 Å². The van der Waals surface area contributed by atoms with E-state index in [4.69, 9.17) is 0 Å². The van der Waals surface area contributed by atoms with Gasteiger partial charge in [0.05, 0.1) is 5.56 Å². The topological polar surface area (TPSA) is 20.2 Å². The summed E-state index contributed by atoms with van der Waals surface area (Å²) in [7, 11) is 0. The minimum Gasteiger partial charge on any atom is -0.383 e. The van der Waals surface area contributed by atoms with Crippen LogP contribution in [-0.4, -0.2) is 5.11 Å². The van der Waals surface area contributed by atoms with Crippen LogP contribution in [0.25, 0.3) is 0 Å². The van der Waals surface area contributed by atoms with E-state index < -0.39 is 17.7 Å². The second-order valence-electron chi connectivity index (χ2n) is 6.33. The normalized spacial score (nSPS) is 13.3. The van der Waals surface area contributed by atoms with Crippen LogP contribution in [-0.2, 0) is 5.41 Å². The van der Waals surface area contributed by atoms with Crippen LogP contribution in [0.5, 0.6) is 0 Å². The van der Waals surface area contributed by atoms with Crippen molar-refractivity contribution in [2.45, 2.75) is 39.2 Å². The first kappa shape index (κ1) is 15.6. The molecule has 2 aromatic carbocycles. The van der Waals surface area contributed by atoms with E-state index in [1.165, 1.54) is 12.1 Å². The Kier molecular flexibility index (Phi) is 4.15. The Bertz CT molecular complexity index is 657. The predicted molar refractivity (Wildman–Crippen MR) is 80.3 cm³/mol. The minimum absolute atomic E-state index is 0.228. The lowest BCUT2D eigenvalue weighted by Crippen LogP contribution is -2.17. The maximum Gasteiger partial charge on any atom is 0.135 e. The van der Waals surface area contributed by atoms with E-state index >= 15 is 0 Å². The van der Waals surface area contributed by atoms with Gasteiger partial charge in [-0.1, -0.05) is 51.1 Å². The fourth-order valence-corrected chi connectivity index (χ4v) is 2.50. The van der Waals surface area contributed by atoms with E-state index in [-0.39, 0.29) is 11.0 Å². The van der Waals surface area contributed by atoms with E-state index in [9.17, 15) is 13.9 Å². The molecule has 2 rings (SSSR count). The van der Waals surface area contributed by atoms with E-state index in [0.717, 1.165) is 5.56 Å². The third kappa shape index (κ3) is 2.98. The summed E-state index contributed by atoms with van der Waals surface area (Å²) >= 11 is 0. The lowest BCUT2D eigenvalue weighted by molar-refractivity contribution is 0.206. The molecule has 1 atom stereocenters. The summed E-state index contributed by atoms with van der Waals surface area (Å²) in [5.74, 6) is -1.42. The van der Waals surface area contributed by atoms with Crippen LogP contribution < -0.4 is 0 Å². The van der Waals surface area contributed by atoms with E-state index in [2.05, 4.69) is 0 Å². The molecule has 3 heteroatoms.